The minimum Gasteiger partial charge on any atom is -0.480 e. The van der Waals surface area contributed by atoms with Crippen molar-refractivity contribution in [3.63, 3.8) is 0 Å². The maximum atomic E-state index is 12.0. The monoisotopic (exact) mass is 420 g/mol. The van der Waals surface area contributed by atoms with Gasteiger partial charge >= 0.3 is 5.97 Å². The number of aliphatic carboxylic acids is 1. The third-order valence-corrected chi connectivity index (χ3v) is 4.78. The van der Waals surface area contributed by atoms with E-state index in [9.17, 15) is 9.59 Å². The lowest BCUT2D eigenvalue weighted by Gasteiger charge is -2.17. The minimum atomic E-state index is -1.05. The predicted octanol–water partition coefficient (Wildman–Crippen LogP) is 4.00. The second-order valence-electron chi connectivity index (χ2n) is 5.57. The molecule has 0 saturated carbocycles. The van der Waals surface area contributed by atoms with E-state index >= 15 is 0 Å². The Bertz CT molecular complexity index is 766. The van der Waals surface area contributed by atoms with Gasteiger partial charge in [0.1, 0.15) is 11.0 Å². The van der Waals surface area contributed by atoms with Crippen LogP contribution >= 0.6 is 48.0 Å². The van der Waals surface area contributed by atoms with E-state index in [1.807, 2.05) is 0 Å². The van der Waals surface area contributed by atoms with Crippen molar-refractivity contribution in [2.45, 2.75) is 26.3 Å². The van der Waals surface area contributed by atoms with Crippen LogP contribution in [0.4, 0.5) is 0 Å². The van der Waals surface area contributed by atoms with Crippen molar-refractivity contribution >= 4 is 59.9 Å². The fourth-order valence-corrected chi connectivity index (χ4v) is 3.49. The summed E-state index contributed by atoms with van der Waals surface area (Å²) in [7, 11) is 0. The molecule has 0 radical (unpaired) electrons. The van der Waals surface area contributed by atoms with Crippen LogP contribution in [-0.4, -0.2) is 28.0 Å². The number of nitrogens with zero attached hydrogens (tertiary/aromatic N) is 1. The lowest BCUT2D eigenvalue weighted by Crippen LogP contribution is -2.44. The van der Waals surface area contributed by atoms with Crippen LogP contribution in [0.1, 0.15) is 19.5 Å². The summed E-state index contributed by atoms with van der Waals surface area (Å²) < 4.78 is 0. The first-order valence-electron chi connectivity index (χ1n) is 7.20. The number of hydrogen-bond acceptors (Lipinski definition) is 4. The number of benzene rings is 1. The first-order valence-corrected chi connectivity index (χ1v) is 8.83. The molecule has 0 spiro atoms. The molecule has 1 amide bonds. The third-order valence-electron chi connectivity index (χ3n) is 3.30. The molecule has 2 aromatic rings. The molecule has 0 saturated heterocycles. The smallest absolute Gasteiger partial charge is 0.326 e. The Kier molecular flexibility index (Phi) is 8.21. The number of rotatable bonds is 6. The summed E-state index contributed by atoms with van der Waals surface area (Å²) in [5.41, 5.74) is 1.30. The number of carboxylic acid groups (broad SMARTS) is 1. The summed E-state index contributed by atoms with van der Waals surface area (Å²) in [5, 5.41) is 15.1. The van der Waals surface area contributed by atoms with Crippen molar-refractivity contribution in [3.8, 4) is 10.6 Å². The van der Waals surface area contributed by atoms with Crippen LogP contribution in [0.15, 0.2) is 23.6 Å². The highest BCUT2D eigenvalue weighted by Crippen LogP contribution is 2.32. The van der Waals surface area contributed by atoms with Gasteiger partial charge in [-0.1, -0.05) is 37.0 Å². The quantitative estimate of drug-likeness (QED) is 0.739. The topological polar surface area (TPSA) is 79.3 Å². The summed E-state index contributed by atoms with van der Waals surface area (Å²) >= 11 is 13.4. The minimum absolute atomic E-state index is 0. The summed E-state index contributed by atoms with van der Waals surface area (Å²) in [6.45, 7) is 3.48. The lowest BCUT2D eigenvalue weighted by atomic mass is 10.0. The van der Waals surface area contributed by atoms with E-state index in [-0.39, 0.29) is 31.7 Å². The molecule has 1 atom stereocenters. The van der Waals surface area contributed by atoms with Gasteiger partial charge in [-0.3, -0.25) is 4.79 Å². The summed E-state index contributed by atoms with van der Waals surface area (Å²) in [5.74, 6) is -1.63. The van der Waals surface area contributed by atoms with Gasteiger partial charge in [-0.15, -0.1) is 11.3 Å². The molecule has 1 aromatic heterocycles. The average molecular weight is 421 g/mol. The van der Waals surface area contributed by atoms with Gasteiger partial charge < -0.3 is 10.4 Å². The Balaban J connectivity index is 0.00000312. The molecular weight excluding hydrogens is 403 g/mol. The van der Waals surface area contributed by atoms with Gasteiger partial charge in [0.2, 0.25) is 5.91 Å². The largest absolute Gasteiger partial charge is 0.480 e. The van der Waals surface area contributed by atoms with Crippen LogP contribution < -0.4 is 5.32 Å². The highest BCUT2D eigenvalue weighted by molar-refractivity contribution is 7.59. The van der Waals surface area contributed by atoms with E-state index in [4.69, 9.17) is 28.3 Å². The fourth-order valence-electron chi connectivity index (χ4n) is 2.08. The number of hydrogen-bond donors (Lipinski definition) is 2. The molecule has 0 fully saturated rings. The molecule has 0 bridgehead atoms. The van der Waals surface area contributed by atoms with E-state index < -0.39 is 12.0 Å². The Hall–Kier alpha value is -1.28. The zero-order valence-corrected chi connectivity index (χ0v) is 16.9. The maximum Gasteiger partial charge on any atom is 0.326 e. The van der Waals surface area contributed by atoms with Crippen LogP contribution in [0.2, 0.25) is 10.0 Å². The van der Waals surface area contributed by atoms with E-state index in [0.29, 0.717) is 20.7 Å². The SMILES string of the molecule is CC(C)[C@H](NC(=O)Cc1csc(-c2ccc(Cl)cc2Cl)n1)C(=O)O.S. The molecule has 1 aromatic carbocycles. The molecule has 136 valence electrons. The highest BCUT2D eigenvalue weighted by Gasteiger charge is 2.23. The zero-order valence-electron chi connectivity index (χ0n) is 13.5. The highest BCUT2D eigenvalue weighted by atomic mass is 35.5. The fraction of sp³-hybridized carbons (Fsp3) is 0.312. The maximum absolute atomic E-state index is 12.0. The molecular formula is C16H18Cl2N2O3S2. The molecule has 0 unspecified atom stereocenters. The van der Waals surface area contributed by atoms with Crippen LogP contribution in [0.5, 0.6) is 0 Å². The second-order valence-corrected chi connectivity index (χ2v) is 7.27. The van der Waals surface area contributed by atoms with Crippen LogP contribution in [-0.2, 0) is 16.0 Å². The van der Waals surface area contributed by atoms with E-state index in [0.717, 1.165) is 5.56 Å². The molecule has 2 N–H and O–H groups in total. The van der Waals surface area contributed by atoms with Crippen LogP contribution in [0, 0.1) is 5.92 Å². The van der Waals surface area contributed by atoms with Gasteiger partial charge in [-0.05, 0) is 24.1 Å². The Morgan fingerprint density at radius 1 is 1.32 bits per heavy atom. The van der Waals surface area contributed by atoms with Crippen LogP contribution in [0.25, 0.3) is 10.6 Å². The number of thiazole rings is 1. The van der Waals surface area contributed by atoms with Gasteiger partial charge in [0.15, 0.2) is 0 Å². The number of amides is 1. The Morgan fingerprint density at radius 3 is 2.56 bits per heavy atom. The number of carbonyl (C=O) groups excluding carboxylic acids is 1. The van der Waals surface area contributed by atoms with Gasteiger partial charge in [0, 0.05) is 16.0 Å². The van der Waals surface area contributed by atoms with Gasteiger partial charge in [-0.25, -0.2) is 9.78 Å². The lowest BCUT2D eigenvalue weighted by molar-refractivity contribution is -0.143. The number of aromatic nitrogens is 1. The normalized spacial score (nSPS) is 11.7. The molecule has 0 aliphatic rings. The van der Waals surface area contributed by atoms with Crippen molar-refractivity contribution < 1.29 is 14.7 Å². The molecule has 1 heterocycles. The first kappa shape index (κ1) is 21.8. The molecule has 5 nitrogen and oxygen atoms in total. The van der Waals surface area contributed by atoms with E-state index in [1.165, 1.54) is 11.3 Å². The van der Waals surface area contributed by atoms with Crippen LogP contribution in [0.3, 0.4) is 0 Å². The summed E-state index contributed by atoms with van der Waals surface area (Å²) in [6.07, 6.45) is 0.0121. The predicted molar refractivity (Wildman–Crippen MR) is 106 cm³/mol. The second kappa shape index (κ2) is 9.43. The number of carboxylic acids is 1. The molecule has 2 rings (SSSR count). The van der Waals surface area contributed by atoms with Gasteiger partial charge in [0.05, 0.1) is 17.1 Å². The third kappa shape index (κ3) is 5.88. The van der Waals surface area contributed by atoms with Gasteiger partial charge in [-0.2, -0.15) is 13.5 Å². The Labute approximate surface area is 166 Å². The number of carbonyl (C=O) groups is 2. The van der Waals surface area contributed by atoms with Gasteiger partial charge in [0.25, 0.3) is 0 Å². The van der Waals surface area contributed by atoms with Crippen molar-refractivity contribution in [1.29, 1.82) is 0 Å². The first-order chi connectivity index (χ1) is 11.3. The zero-order chi connectivity index (χ0) is 17.9. The molecule has 0 aliphatic carbocycles. The number of halogens is 2. The number of nitrogens with one attached hydrogen (secondary N) is 1. The van der Waals surface area contributed by atoms with Crippen molar-refractivity contribution in [2.75, 3.05) is 0 Å². The van der Waals surface area contributed by atoms with E-state index in [1.54, 1.807) is 37.4 Å². The van der Waals surface area contributed by atoms with Crippen molar-refractivity contribution in [3.05, 3.63) is 39.3 Å². The van der Waals surface area contributed by atoms with Crippen molar-refractivity contribution in [2.24, 2.45) is 5.92 Å². The molecule has 9 heteroatoms. The molecule has 0 aliphatic heterocycles. The summed E-state index contributed by atoms with van der Waals surface area (Å²) in [6, 6.07) is 4.21. The Morgan fingerprint density at radius 2 is 2.00 bits per heavy atom. The van der Waals surface area contributed by atoms with E-state index in [2.05, 4.69) is 10.3 Å². The molecule has 25 heavy (non-hydrogen) atoms. The average Bonchev–Trinajstić information content (AvgIpc) is 2.92. The summed E-state index contributed by atoms with van der Waals surface area (Å²) in [4.78, 5) is 27.6. The van der Waals surface area contributed by atoms with Crippen molar-refractivity contribution in [1.82, 2.24) is 10.3 Å². The standard InChI is InChI=1S/C16H16Cl2N2O3S.H2S/c1-8(2)14(16(22)23)20-13(21)6-10-7-24-15(19-10)11-4-3-9(17)5-12(11)18;/h3-5,7-8,14H,6H2,1-2H3,(H,20,21)(H,22,23);1H2/t14-;/m0./s1.